The highest BCUT2D eigenvalue weighted by atomic mass is 16.5. The Bertz CT molecular complexity index is 663. The van der Waals surface area contributed by atoms with Crippen LogP contribution in [0.15, 0.2) is 24.3 Å². The lowest BCUT2D eigenvalue weighted by Gasteiger charge is -2.28. The summed E-state index contributed by atoms with van der Waals surface area (Å²) in [7, 11) is 0. The van der Waals surface area contributed by atoms with Crippen molar-refractivity contribution in [2.75, 3.05) is 0 Å². The predicted molar refractivity (Wildman–Crippen MR) is 120 cm³/mol. The highest BCUT2D eigenvalue weighted by Gasteiger charge is 2.41. The van der Waals surface area contributed by atoms with Crippen LogP contribution in [0.2, 0.25) is 0 Å². The van der Waals surface area contributed by atoms with Crippen LogP contribution in [0, 0.1) is 18.8 Å². The van der Waals surface area contributed by atoms with E-state index in [4.69, 9.17) is 9.84 Å². The molecule has 4 N–H and O–H groups in total. The van der Waals surface area contributed by atoms with Gasteiger partial charge < -0.3 is 25.2 Å². The highest BCUT2D eigenvalue weighted by Crippen LogP contribution is 2.39. The van der Waals surface area contributed by atoms with E-state index in [1.807, 2.05) is 38.1 Å². The molecule has 0 radical (unpaired) electrons. The molecule has 6 heteroatoms. The van der Waals surface area contributed by atoms with Gasteiger partial charge in [0, 0.05) is 6.42 Å². The molecule has 0 amide bonds. The summed E-state index contributed by atoms with van der Waals surface area (Å²) in [4.78, 5) is 10.6. The van der Waals surface area contributed by atoms with Crippen LogP contribution in [0.4, 0.5) is 0 Å². The summed E-state index contributed by atoms with van der Waals surface area (Å²) in [5.41, 5.74) is 1.03. The lowest BCUT2D eigenvalue weighted by Crippen LogP contribution is -2.33. The average molecular weight is 437 g/mol. The molecule has 0 saturated heterocycles. The molecule has 1 aliphatic carbocycles. The van der Waals surface area contributed by atoms with Crippen LogP contribution in [-0.4, -0.2) is 50.8 Å². The molecule has 0 aromatic heterocycles. The van der Waals surface area contributed by atoms with Gasteiger partial charge in [-0.25, -0.2) is 0 Å². The van der Waals surface area contributed by atoms with Gasteiger partial charge >= 0.3 is 5.97 Å². The first-order chi connectivity index (χ1) is 14.8. The van der Waals surface area contributed by atoms with Crippen molar-refractivity contribution in [2.24, 2.45) is 11.8 Å². The molecule has 0 aliphatic heterocycles. The minimum Gasteiger partial charge on any atom is -0.487 e. The van der Waals surface area contributed by atoms with Crippen LogP contribution in [0.1, 0.15) is 76.7 Å². The number of hydrogen-bond donors (Lipinski definition) is 4. The van der Waals surface area contributed by atoms with Crippen molar-refractivity contribution in [3.63, 3.8) is 0 Å². The number of aliphatic hydroxyl groups is 3. The number of carboxylic acids is 1. The van der Waals surface area contributed by atoms with Gasteiger partial charge in [-0.05, 0) is 68.9 Å². The first-order valence-electron chi connectivity index (χ1n) is 11.8. The van der Waals surface area contributed by atoms with Gasteiger partial charge in [-0.15, -0.1) is 0 Å². The summed E-state index contributed by atoms with van der Waals surface area (Å²) in [6.45, 7) is 3.98. The SMILES string of the molecule is CCC(Oc1ccccc1C)C(O)CCC1C(O)CC(O)C1CCCCCCC(=O)O. The lowest BCUT2D eigenvalue weighted by atomic mass is 9.84. The second kappa shape index (κ2) is 13.0. The molecule has 0 spiro atoms. The third kappa shape index (κ3) is 8.09. The smallest absolute Gasteiger partial charge is 0.303 e. The maximum atomic E-state index is 10.8. The van der Waals surface area contributed by atoms with Gasteiger partial charge in [0.05, 0.1) is 18.3 Å². The van der Waals surface area contributed by atoms with Gasteiger partial charge in [0.1, 0.15) is 11.9 Å². The van der Waals surface area contributed by atoms with Gasteiger partial charge in [0.15, 0.2) is 0 Å². The largest absolute Gasteiger partial charge is 0.487 e. The molecule has 2 rings (SSSR count). The number of carbonyl (C=O) groups is 1. The summed E-state index contributed by atoms with van der Waals surface area (Å²) >= 11 is 0. The number of aryl methyl sites for hydroxylation is 1. The zero-order valence-corrected chi connectivity index (χ0v) is 18.9. The van der Waals surface area contributed by atoms with E-state index in [1.54, 1.807) is 0 Å². The molecular formula is C25H40O6. The van der Waals surface area contributed by atoms with Crippen molar-refractivity contribution >= 4 is 5.97 Å². The van der Waals surface area contributed by atoms with Gasteiger partial charge in [-0.2, -0.15) is 0 Å². The van der Waals surface area contributed by atoms with Crippen LogP contribution >= 0.6 is 0 Å². The number of para-hydroxylation sites is 1. The number of rotatable bonds is 14. The molecule has 0 heterocycles. The Morgan fingerprint density at radius 2 is 1.71 bits per heavy atom. The second-order valence-corrected chi connectivity index (χ2v) is 9.02. The summed E-state index contributed by atoms with van der Waals surface area (Å²) in [6, 6.07) is 7.77. The maximum Gasteiger partial charge on any atom is 0.303 e. The van der Waals surface area contributed by atoms with Crippen molar-refractivity contribution in [2.45, 2.75) is 102 Å². The number of carboxylic acid groups (broad SMARTS) is 1. The molecule has 6 nitrogen and oxygen atoms in total. The van der Waals surface area contributed by atoms with Crippen molar-refractivity contribution in [1.29, 1.82) is 0 Å². The third-order valence-electron chi connectivity index (χ3n) is 6.70. The third-order valence-corrected chi connectivity index (χ3v) is 6.70. The highest BCUT2D eigenvalue weighted by molar-refractivity contribution is 5.66. The molecular weight excluding hydrogens is 396 g/mol. The number of benzene rings is 1. The molecule has 1 aromatic carbocycles. The summed E-state index contributed by atoms with van der Waals surface area (Å²) in [5, 5.41) is 40.4. The Hall–Kier alpha value is -1.63. The standard InChI is InChI=1S/C25H40O6/c1-3-23(31-24-12-9-8-10-17(24)2)20(26)15-14-19-18(21(27)16-22(19)28)11-6-4-5-7-13-25(29)30/h8-10,12,18-23,26-28H,3-7,11,13-16H2,1-2H3,(H,29,30). The van der Waals surface area contributed by atoms with Gasteiger partial charge in [-0.1, -0.05) is 44.4 Å². The van der Waals surface area contributed by atoms with E-state index >= 15 is 0 Å². The van der Waals surface area contributed by atoms with Crippen LogP contribution in [0.25, 0.3) is 0 Å². The Labute approximate surface area is 186 Å². The fourth-order valence-electron chi connectivity index (χ4n) is 4.83. The number of aliphatic carboxylic acids is 1. The summed E-state index contributed by atoms with van der Waals surface area (Å²) in [6.07, 6.45) is 4.68. The van der Waals surface area contributed by atoms with Crippen molar-refractivity contribution in [3.8, 4) is 5.75 Å². The average Bonchev–Trinajstić information content (AvgIpc) is 3.00. The Morgan fingerprint density at radius 1 is 1.06 bits per heavy atom. The van der Waals surface area contributed by atoms with E-state index in [9.17, 15) is 20.1 Å². The number of hydrogen-bond acceptors (Lipinski definition) is 5. The summed E-state index contributed by atoms with van der Waals surface area (Å²) in [5.74, 6) is 0.0221. The van der Waals surface area contributed by atoms with Gasteiger partial charge in [-0.3, -0.25) is 4.79 Å². The zero-order chi connectivity index (χ0) is 22.8. The molecule has 6 atom stereocenters. The second-order valence-electron chi connectivity index (χ2n) is 9.02. The topological polar surface area (TPSA) is 107 Å². The molecule has 1 saturated carbocycles. The van der Waals surface area contributed by atoms with Crippen LogP contribution in [-0.2, 0) is 4.79 Å². The van der Waals surface area contributed by atoms with E-state index in [0.29, 0.717) is 32.1 Å². The van der Waals surface area contributed by atoms with E-state index in [-0.39, 0.29) is 24.4 Å². The van der Waals surface area contributed by atoms with E-state index in [1.165, 1.54) is 0 Å². The van der Waals surface area contributed by atoms with Crippen LogP contribution < -0.4 is 4.74 Å². The minimum absolute atomic E-state index is 0.0269. The molecule has 1 fully saturated rings. The minimum atomic E-state index is -0.759. The van der Waals surface area contributed by atoms with E-state index in [0.717, 1.165) is 37.0 Å². The molecule has 6 unspecified atom stereocenters. The molecule has 0 bridgehead atoms. The van der Waals surface area contributed by atoms with E-state index in [2.05, 4.69) is 0 Å². The molecule has 1 aromatic rings. The lowest BCUT2D eigenvalue weighted by molar-refractivity contribution is -0.137. The first kappa shape index (κ1) is 25.6. The molecule has 31 heavy (non-hydrogen) atoms. The molecule has 1 aliphatic rings. The normalized spacial score (nSPS) is 25.3. The number of unbranched alkanes of at least 4 members (excludes halogenated alkanes) is 3. The van der Waals surface area contributed by atoms with Crippen molar-refractivity contribution in [3.05, 3.63) is 29.8 Å². The van der Waals surface area contributed by atoms with Crippen LogP contribution in [0.3, 0.4) is 0 Å². The Kier molecular flexibility index (Phi) is 10.8. The first-order valence-corrected chi connectivity index (χ1v) is 11.8. The van der Waals surface area contributed by atoms with Gasteiger partial charge in [0.2, 0.25) is 0 Å². The molecule has 176 valence electrons. The fraction of sp³-hybridized carbons (Fsp3) is 0.720. The predicted octanol–water partition coefficient (Wildman–Crippen LogP) is 4.08. The Balaban J connectivity index is 1.82. The van der Waals surface area contributed by atoms with E-state index < -0.39 is 24.3 Å². The monoisotopic (exact) mass is 436 g/mol. The fourth-order valence-corrected chi connectivity index (χ4v) is 4.83. The quantitative estimate of drug-likeness (QED) is 0.327. The van der Waals surface area contributed by atoms with Gasteiger partial charge in [0.25, 0.3) is 0 Å². The summed E-state index contributed by atoms with van der Waals surface area (Å²) < 4.78 is 6.06. The number of ether oxygens (including phenoxy) is 1. The van der Waals surface area contributed by atoms with Crippen molar-refractivity contribution in [1.82, 2.24) is 0 Å². The number of aliphatic hydroxyl groups excluding tert-OH is 3. The van der Waals surface area contributed by atoms with Crippen molar-refractivity contribution < 1.29 is 30.0 Å². The zero-order valence-electron chi connectivity index (χ0n) is 18.9. The Morgan fingerprint density at radius 3 is 2.35 bits per heavy atom. The maximum absolute atomic E-state index is 10.8. The van der Waals surface area contributed by atoms with Crippen LogP contribution in [0.5, 0.6) is 5.75 Å².